The molecule has 48 heavy (non-hydrogen) atoms. The minimum absolute atomic E-state index is 0.187. The first-order valence-electron chi connectivity index (χ1n) is 19.6. The van der Waals surface area contributed by atoms with Crippen molar-refractivity contribution in [3.8, 4) is 0 Å². The zero-order valence-electron chi connectivity index (χ0n) is 30.9. The molecule has 0 fully saturated rings. The van der Waals surface area contributed by atoms with Gasteiger partial charge in [0.15, 0.2) is 6.10 Å². The van der Waals surface area contributed by atoms with E-state index >= 15 is 0 Å². The first-order chi connectivity index (χ1) is 23.2. The van der Waals surface area contributed by atoms with Gasteiger partial charge in [0.1, 0.15) is 6.61 Å². The average molecular weight is 707 g/mol. The molecule has 11 heteroatoms. The van der Waals surface area contributed by atoms with Crippen molar-refractivity contribution in [3.05, 3.63) is 0 Å². The van der Waals surface area contributed by atoms with Crippen molar-refractivity contribution >= 4 is 19.8 Å². The lowest BCUT2D eigenvalue weighted by Gasteiger charge is -2.27. The van der Waals surface area contributed by atoms with Gasteiger partial charge >= 0.3 is 11.9 Å². The Hall–Kier alpha value is -1.03. The van der Waals surface area contributed by atoms with Gasteiger partial charge in [0.05, 0.1) is 13.2 Å². The van der Waals surface area contributed by atoms with Crippen LogP contribution in [0.4, 0.5) is 0 Å². The molecule has 10 nitrogen and oxygen atoms in total. The van der Waals surface area contributed by atoms with Gasteiger partial charge in [0.2, 0.25) is 0 Å². The van der Waals surface area contributed by atoms with Gasteiger partial charge < -0.3 is 34.3 Å². The van der Waals surface area contributed by atoms with Gasteiger partial charge in [-0.05, 0) is 12.8 Å². The van der Waals surface area contributed by atoms with Crippen LogP contribution in [-0.2, 0) is 32.7 Å². The molecule has 0 saturated carbocycles. The molecule has 0 amide bonds. The number of phosphoric acid groups is 1. The fraction of sp³-hybridized carbons (Fsp3) is 0.946. The highest BCUT2D eigenvalue weighted by Gasteiger charge is 2.21. The second-order valence-corrected chi connectivity index (χ2v) is 14.9. The summed E-state index contributed by atoms with van der Waals surface area (Å²) in [6.07, 6.45) is 29.0. The standard InChI is InChI=1S/C37H73NO9P/c1-3-5-7-9-11-13-15-17-19-21-23-25-27-29-36(40)44-31-34(32-45-48(42,43)46-33-35(38)39)47-37(41)30-28-26-24-22-20-18-16-14-12-10-8-6-4-2/h34-35H,3-33,38H2,1-2H3,(H,42,43)/q-1. The average Bonchev–Trinajstić information content (AvgIpc) is 3.05. The maximum absolute atomic E-state index is 12.5. The summed E-state index contributed by atoms with van der Waals surface area (Å²) >= 11 is 0. The van der Waals surface area contributed by atoms with Crippen LogP contribution in [0.2, 0.25) is 0 Å². The summed E-state index contributed by atoms with van der Waals surface area (Å²) in [5.41, 5.74) is 3.14. The van der Waals surface area contributed by atoms with Gasteiger partial charge in [-0.2, -0.15) is 0 Å². The van der Waals surface area contributed by atoms with Crippen LogP contribution in [0.1, 0.15) is 194 Å². The van der Waals surface area contributed by atoms with E-state index in [9.17, 15) is 24.2 Å². The van der Waals surface area contributed by atoms with Crippen molar-refractivity contribution in [2.75, 3.05) is 19.8 Å². The SMILES string of the molecule is CCCCCCCCCCCCCCCC(=O)OCC(COP(=O)([O-])OCC([NH3+])[O-])OC(=O)CCCCCCCCCCCCCCC. The number of hydrogen-bond acceptors (Lipinski definition) is 9. The molecule has 0 heterocycles. The number of hydrogen-bond donors (Lipinski definition) is 1. The molecule has 3 atom stereocenters. The summed E-state index contributed by atoms with van der Waals surface area (Å²) in [7, 11) is -4.81. The van der Waals surface area contributed by atoms with Crippen LogP contribution in [0.5, 0.6) is 0 Å². The summed E-state index contributed by atoms with van der Waals surface area (Å²) in [6, 6.07) is 0. The largest absolute Gasteiger partial charge is 0.805 e. The Kier molecular flexibility index (Phi) is 33.7. The molecule has 0 rings (SSSR count). The first kappa shape index (κ1) is 47.0. The number of unbranched alkanes of at least 4 members (excludes halogenated alkanes) is 24. The van der Waals surface area contributed by atoms with Crippen molar-refractivity contribution in [2.45, 2.75) is 206 Å². The van der Waals surface area contributed by atoms with E-state index < -0.39 is 45.3 Å². The number of phosphoric ester groups is 1. The van der Waals surface area contributed by atoms with Gasteiger partial charge in [-0.15, -0.1) is 0 Å². The van der Waals surface area contributed by atoms with Crippen LogP contribution in [0, 0.1) is 0 Å². The highest BCUT2D eigenvalue weighted by Crippen LogP contribution is 2.38. The molecule has 0 saturated heterocycles. The molecule has 0 spiro atoms. The van der Waals surface area contributed by atoms with Crippen LogP contribution < -0.4 is 15.7 Å². The van der Waals surface area contributed by atoms with Gasteiger partial charge in [-0.1, -0.05) is 168 Å². The zero-order valence-corrected chi connectivity index (χ0v) is 31.8. The van der Waals surface area contributed by atoms with E-state index in [1.165, 1.54) is 116 Å². The lowest BCUT2D eigenvalue weighted by Crippen LogP contribution is -2.70. The predicted octanol–water partition coefficient (Wildman–Crippen LogP) is 7.83. The molecule has 3 unspecified atom stereocenters. The van der Waals surface area contributed by atoms with E-state index in [4.69, 9.17) is 14.0 Å². The number of quaternary nitrogens is 1. The molecule has 3 N–H and O–H groups in total. The maximum atomic E-state index is 12.5. The molecular weight excluding hydrogens is 633 g/mol. The Morgan fingerprint density at radius 2 is 0.875 bits per heavy atom. The van der Waals surface area contributed by atoms with Crippen molar-refractivity contribution < 1.29 is 48.4 Å². The lowest BCUT2D eigenvalue weighted by atomic mass is 10.0. The molecule has 0 bridgehead atoms. The number of ether oxygens (including phenoxy) is 2. The second kappa shape index (κ2) is 34.4. The summed E-state index contributed by atoms with van der Waals surface area (Å²) in [4.78, 5) is 36.8. The normalized spacial score (nSPS) is 14.0. The monoisotopic (exact) mass is 707 g/mol. The third kappa shape index (κ3) is 34.8. The van der Waals surface area contributed by atoms with Gasteiger partial charge in [-0.25, -0.2) is 0 Å². The number of rotatable bonds is 37. The van der Waals surface area contributed by atoms with Crippen molar-refractivity contribution in [1.29, 1.82) is 0 Å². The molecule has 0 aliphatic heterocycles. The predicted molar refractivity (Wildman–Crippen MR) is 188 cm³/mol. The molecule has 0 radical (unpaired) electrons. The minimum Gasteiger partial charge on any atom is -0.805 e. The van der Waals surface area contributed by atoms with Gasteiger partial charge in [0, 0.05) is 19.1 Å². The van der Waals surface area contributed by atoms with E-state index in [0.29, 0.717) is 12.8 Å². The van der Waals surface area contributed by atoms with Crippen molar-refractivity contribution in [3.63, 3.8) is 0 Å². The van der Waals surface area contributed by atoms with Gasteiger partial charge in [0.25, 0.3) is 7.82 Å². The van der Waals surface area contributed by atoms with E-state index in [0.717, 1.165) is 38.5 Å². The number of carbonyl (C=O) groups is 2. The topological polar surface area (TPSA) is 162 Å². The fourth-order valence-corrected chi connectivity index (χ4v) is 6.35. The minimum atomic E-state index is -4.81. The van der Waals surface area contributed by atoms with Crippen LogP contribution >= 0.6 is 7.82 Å². The Morgan fingerprint density at radius 3 is 1.25 bits per heavy atom. The quantitative estimate of drug-likeness (QED) is 0.0294. The van der Waals surface area contributed by atoms with Gasteiger partial charge in [-0.3, -0.25) is 14.2 Å². The molecule has 0 aromatic heterocycles. The van der Waals surface area contributed by atoms with Crippen molar-refractivity contribution in [1.82, 2.24) is 0 Å². The van der Waals surface area contributed by atoms with Crippen LogP contribution in [-0.4, -0.2) is 44.1 Å². The van der Waals surface area contributed by atoms with Crippen molar-refractivity contribution in [2.24, 2.45) is 0 Å². The highest BCUT2D eigenvalue weighted by atomic mass is 31.2. The summed E-state index contributed by atoms with van der Waals surface area (Å²) in [5.74, 6) is -0.929. The van der Waals surface area contributed by atoms with Crippen LogP contribution in [0.25, 0.3) is 0 Å². The third-order valence-corrected chi connectivity index (χ3v) is 9.46. The summed E-state index contributed by atoms with van der Waals surface area (Å²) < 4.78 is 32.1. The zero-order chi connectivity index (χ0) is 35.6. The summed E-state index contributed by atoms with van der Waals surface area (Å²) in [5, 5.41) is 11.1. The maximum Gasteiger partial charge on any atom is 0.306 e. The Morgan fingerprint density at radius 1 is 0.542 bits per heavy atom. The second-order valence-electron chi connectivity index (χ2n) is 13.4. The Labute approximate surface area is 293 Å². The lowest BCUT2D eigenvalue weighted by molar-refractivity contribution is -0.659. The van der Waals surface area contributed by atoms with Crippen LogP contribution in [0.3, 0.4) is 0 Å². The molecule has 0 aliphatic rings. The van der Waals surface area contributed by atoms with E-state index in [1.807, 2.05) is 0 Å². The molecule has 286 valence electrons. The number of esters is 2. The highest BCUT2D eigenvalue weighted by molar-refractivity contribution is 7.45. The molecule has 0 aromatic rings. The molecule has 0 aromatic carbocycles. The Bertz CT molecular complexity index is 784. The van der Waals surface area contributed by atoms with E-state index in [1.54, 1.807) is 0 Å². The summed E-state index contributed by atoms with van der Waals surface area (Å²) in [6.45, 7) is 2.92. The van der Waals surface area contributed by atoms with E-state index in [2.05, 4.69) is 24.1 Å². The van der Waals surface area contributed by atoms with E-state index in [-0.39, 0.29) is 19.4 Å². The Balaban J connectivity index is 4.25. The van der Waals surface area contributed by atoms with Crippen LogP contribution in [0.15, 0.2) is 0 Å². The molecular formula is C37H73NO9P-. The smallest absolute Gasteiger partial charge is 0.306 e. The third-order valence-electron chi connectivity index (χ3n) is 8.53. The first-order valence-corrected chi connectivity index (χ1v) is 21.1. The fourth-order valence-electron chi connectivity index (χ4n) is 5.58. The molecule has 0 aliphatic carbocycles. The number of carbonyl (C=O) groups excluding carboxylic acids is 2.